The summed E-state index contributed by atoms with van der Waals surface area (Å²) in [7, 11) is 0. The minimum absolute atomic E-state index is 0.0191. The Morgan fingerprint density at radius 1 is 0.792 bits per heavy atom. The third-order valence-electron chi connectivity index (χ3n) is 5.18. The van der Waals surface area contributed by atoms with E-state index in [2.05, 4.69) is 0 Å². The molecule has 3 rings (SSSR count). The highest BCUT2D eigenvalue weighted by atomic mass is 16.5. The molecule has 2 aliphatic carbocycles. The highest BCUT2D eigenvalue weighted by Crippen LogP contribution is 2.29. The summed E-state index contributed by atoms with van der Waals surface area (Å²) in [4.78, 5) is 28.4. The zero-order chi connectivity index (χ0) is 17.1. The van der Waals surface area contributed by atoms with Crippen LogP contribution < -0.4 is 0 Å². The molecule has 0 radical (unpaired) electrons. The third-order valence-corrected chi connectivity index (χ3v) is 5.18. The van der Waals surface area contributed by atoms with Gasteiger partial charge >= 0.3 is 0 Å². The van der Waals surface area contributed by atoms with Gasteiger partial charge in [0.15, 0.2) is 0 Å². The van der Waals surface area contributed by atoms with Crippen molar-refractivity contribution in [2.24, 2.45) is 11.8 Å². The molecule has 0 aromatic heterocycles. The monoisotopic (exact) mass is 338 g/mol. The number of amides is 2. The van der Waals surface area contributed by atoms with Gasteiger partial charge in [0.1, 0.15) is 13.2 Å². The molecule has 2 saturated carbocycles. The first-order valence-corrected chi connectivity index (χ1v) is 9.29. The summed E-state index contributed by atoms with van der Waals surface area (Å²) >= 11 is 0. The average molecular weight is 338 g/mol. The number of carbonyl (C=O) groups is 2. The van der Waals surface area contributed by atoms with Crippen molar-refractivity contribution in [2.75, 3.05) is 39.5 Å². The van der Waals surface area contributed by atoms with Crippen LogP contribution in [0.4, 0.5) is 0 Å². The number of rotatable bonds is 8. The van der Waals surface area contributed by atoms with Crippen LogP contribution in [0.25, 0.3) is 0 Å². The Bertz CT molecular complexity index is 420. The highest BCUT2D eigenvalue weighted by Gasteiger charge is 2.34. The van der Waals surface area contributed by atoms with Gasteiger partial charge in [-0.2, -0.15) is 0 Å². The van der Waals surface area contributed by atoms with E-state index in [-0.39, 0.29) is 37.1 Å². The van der Waals surface area contributed by atoms with Crippen molar-refractivity contribution in [3.8, 4) is 0 Å². The molecular formula is C18H30N2O4. The van der Waals surface area contributed by atoms with Crippen LogP contribution in [0.1, 0.15) is 39.5 Å². The molecule has 2 amide bonds. The molecule has 6 heteroatoms. The zero-order valence-corrected chi connectivity index (χ0v) is 14.9. The van der Waals surface area contributed by atoms with Crippen LogP contribution in [0.15, 0.2) is 0 Å². The van der Waals surface area contributed by atoms with Gasteiger partial charge in [0.25, 0.3) is 0 Å². The Morgan fingerprint density at radius 3 is 1.50 bits per heavy atom. The number of carbonyl (C=O) groups excluding carboxylic acids is 2. The van der Waals surface area contributed by atoms with Crippen LogP contribution in [0.3, 0.4) is 0 Å². The number of nitrogens with zero attached hydrogens (tertiary/aromatic N) is 2. The lowest BCUT2D eigenvalue weighted by Crippen LogP contribution is -2.60. The fourth-order valence-corrected chi connectivity index (χ4v) is 3.18. The predicted molar refractivity (Wildman–Crippen MR) is 89.4 cm³/mol. The molecule has 1 aliphatic heterocycles. The largest absolute Gasteiger partial charge is 0.371 e. The molecule has 2 atom stereocenters. The maximum Gasteiger partial charge on any atom is 0.248 e. The van der Waals surface area contributed by atoms with Gasteiger partial charge in [-0.1, -0.05) is 0 Å². The summed E-state index contributed by atoms with van der Waals surface area (Å²) in [5.74, 6) is 1.40. The number of hydrogen-bond donors (Lipinski definition) is 0. The van der Waals surface area contributed by atoms with E-state index in [1.165, 1.54) is 25.7 Å². The second-order valence-electron chi connectivity index (χ2n) is 7.71. The van der Waals surface area contributed by atoms with Crippen LogP contribution in [0.5, 0.6) is 0 Å². The molecule has 1 saturated heterocycles. The van der Waals surface area contributed by atoms with Crippen LogP contribution in [-0.2, 0) is 19.1 Å². The SMILES string of the molecule is CC1CN(C(=O)COCC2CC2)C(C)CN1C(=O)COCC1CC1. The first-order valence-electron chi connectivity index (χ1n) is 9.29. The summed E-state index contributed by atoms with van der Waals surface area (Å²) in [5.41, 5.74) is 0. The Hall–Kier alpha value is -1.14. The van der Waals surface area contributed by atoms with E-state index in [0.29, 0.717) is 38.1 Å². The fraction of sp³-hybridized carbons (Fsp3) is 0.889. The molecule has 24 heavy (non-hydrogen) atoms. The zero-order valence-electron chi connectivity index (χ0n) is 14.9. The Morgan fingerprint density at radius 2 is 1.17 bits per heavy atom. The number of piperazine rings is 1. The van der Waals surface area contributed by atoms with Crippen molar-refractivity contribution in [1.82, 2.24) is 9.80 Å². The normalized spacial score (nSPS) is 27.4. The van der Waals surface area contributed by atoms with E-state index in [9.17, 15) is 9.59 Å². The molecule has 6 nitrogen and oxygen atoms in total. The van der Waals surface area contributed by atoms with E-state index in [1.54, 1.807) is 0 Å². The third kappa shape index (κ3) is 4.93. The second kappa shape index (κ2) is 7.83. The van der Waals surface area contributed by atoms with Gasteiger partial charge in [-0.15, -0.1) is 0 Å². The molecular weight excluding hydrogens is 308 g/mol. The molecule has 136 valence electrons. The van der Waals surface area contributed by atoms with Gasteiger partial charge in [0.2, 0.25) is 11.8 Å². The van der Waals surface area contributed by atoms with Crippen molar-refractivity contribution >= 4 is 11.8 Å². The summed E-state index contributed by atoms with van der Waals surface area (Å²) in [5, 5.41) is 0. The molecule has 0 bridgehead atoms. The van der Waals surface area contributed by atoms with Crippen molar-refractivity contribution in [3.63, 3.8) is 0 Å². The summed E-state index contributed by atoms with van der Waals surface area (Å²) in [6.45, 7) is 6.85. The van der Waals surface area contributed by atoms with Crippen molar-refractivity contribution in [2.45, 2.75) is 51.6 Å². The van der Waals surface area contributed by atoms with Crippen LogP contribution in [0, 0.1) is 11.8 Å². The molecule has 0 N–H and O–H groups in total. The number of hydrogen-bond acceptors (Lipinski definition) is 4. The lowest BCUT2D eigenvalue weighted by atomic mass is 10.1. The second-order valence-corrected chi connectivity index (χ2v) is 7.71. The number of ether oxygens (including phenoxy) is 2. The molecule has 0 aromatic carbocycles. The molecule has 2 unspecified atom stereocenters. The quantitative estimate of drug-likeness (QED) is 0.669. The van der Waals surface area contributed by atoms with Crippen molar-refractivity contribution < 1.29 is 19.1 Å². The Kier molecular flexibility index (Phi) is 5.76. The summed E-state index contributed by atoms with van der Waals surface area (Å²) < 4.78 is 11.0. The van der Waals surface area contributed by atoms with Gasteiger partial charge < -0.3 is 19.3 Å². The van der Waals surface area contributed by atoms with E-state index in [1.807, 2.05) is 23.6 Å². The summed E-state index contributed by atoms with van der Waals surface area (Å²) in [6, 6.07) is 0.0382. The minimum Gasteiger partial charge on any atom is -0.371 e. The van der Waals surface area contributed by atoms with E-state index in [4.69, 9.17) is 9.47 Å². The van der Waals surface area contributed by atoms with Crippen molar-refractivity contribution in [3.05, 3.63) is 0 Å². The lowest BCUT2D eigenvalue weighted by Gasteiger charge is -2.44. The summed E-state index contributed by atoms with van der Waals surface area (Å²) in [6.07, 6.45) is 4.91. The first-order chi connectivity index (χ1) is 11.5. The Labute approximate surface area is 144 Å². The molecule has 0 aromatic rings. The Balaban J connectivity index is 1.41. The minimum atomic E-state index is 0.0191. The molecule has 3 fully saturated rings. The van der Waals surface area contributed by atoms with Crippen LogP contribution >= 0.6 is 0 Å². The van der Waals surface area contributed by atoms with Gasteiger partial charge in [-0.25, -0.2) is 0 Å². The average Bonchev–Trinajstić information content (AvgIpc) is 3.43. The first kappa shape index (κ1) is 17.7. The van der Waals surface area contributed by atoms with Crippen LogP contribution in [-0.4, -0.2) is 73.2 Å². The van der Waals surface area contributed by atoms with Gasteiger partial charge in [0, 0.05) is 25.2 Å². The maximum absolute atomic E-state index is 12.4. The standard InChI is InChI=1S/C18H30N2O4/c1-13-7-20(18(22)12-24-10-16-5-6-16)14(2)8-19(13)17(21)11-23-9-15-3-4-15/h13-16H,3-12H2,1-2H3. The smallest absolute Gasteiger partial charge is 0.248 e. The van der Waals surface area contributed by atoms with Crippen LogP contribution in [0.2, 0.25) is 0 Å². The molecule has 3 aliphatic rings. The van der Waals surface area contributed by atoms with Gasteiger partial charge in [-0.3, -0.25) is 9.59 Å². The van der Waals surface area contributed by atoms with E-state index >= 15 is 0 Å². The predicted octanol–water partition coefficient (Wildman–Crippen LogP) is 1.29. The fourth-order valence-electron chi connectivity index (χ4n) is 3.18. The topological polar surface area (TPSA) is 59.1 Å². The molecule has 0 spiro atoms. The highest BCUT2D eigenvalue weighted by molar-refractivity contribution is 5.80. The van der Waals surface area contributed by atoms with Crippen molar-refractivity contribution in [1.29, 1.82) is 0 Å². The van der Waals surface area contributed by atoms with Gasteiger partial charge in [0.05, 0.1) is 13.2 Å². The maximum atomic E-state index is 12.4. The lowest BCUT2D eigenvalue weighted by molar-refractivity contribution is -0.151. The van der Waals surface area contributed by atoms with E-state index < -0.39 is 0 Å². The van der Waals surface area contributed by atoms with Gasteiger partial charge in [-0.05, 0) is 51.4 Å². The van der Waals surface area contributed by atoms with E-state index in [0.717, 1.165) is 0 Å². The molecule has 1 heterocycles.